The molecule has 0 unspecified atom stereocenters. The summed E-state index contributed by atoms with van der Waals surface area (Å²) in [5.74, 6) is 1.31. The zero-order chi connectivity index (χ0) is 10.3. The van der Waals surface area contributed by atoms with Crippen LogP contribution < -0.4 is 11.1 Å². The van der Waals surface area contributed by atoms with Crippen molar-refractivity contribution in [3.05, 3.63) is 17.8 Å². The first-order chi connectivity index (χ1) is 7.28. The molecule has 1 aliphatic carbocycles. The second kappa shape index (κ2) is 3.32. The molecule has 0 aromatic carbocycles. The Labute approximate surface area is 89.2 Å². The minimum absolute atomic E-state index is 0.231. The van der Waals surface area contributed by atoms with Crippen molar-refractivity contribution in [2.45, 2.75) is 37.1 Å². The molecule has 1 aliphatic heterocycles. The number of oxazole rings is 1. The van der Waals surface area contributed by atoms with Gasteiger partial charge < -0.3 is 15.5 Å². The maximum atomic E-state index is 6.04. The second-order valence-electron chi connectivity index (χ2n) is 4.76. The van der Waals surface area contributed by atoms with Crippen LogP contribution in [0.1, 0.15) is 43.2 Å². The summed E-state index contributed by atoms with van der Waals surface area (Å²) in [6.07, 6.45) is 6.14. The monoisotopic (exact) mass is 207 g/mol. The van der Waals surface area contributed by atoms with Gasteiger partial charge in [-0.25, -0.2) is 4.98 Å². The predicted molar refractivity (Wildman–Crippen MR) is 56.4 cm³/mol. The van der Waals surface area contributed by atoms with Gasteiger partial charge in [-0.15, -0.1) is 0 Å². The van der Waals surface area contributed by atoms with Crippen molar-refractivity contribution in [3.63, 3.8) is 0 Å². The average molecular weight is 207 g/mol. The van der Waals surface area contributed by atoms with E-state index in [1.54, 1.807) is 6.26 Å². The van der Waals surface area contributed by atoms with Crippen LogP contribution in [0.3, 0.4) is 0 Å². The lowest BCUT2D eigenvalue weighted by atomic mass is 9.95. The van der Waals surface area contributed by atoms with Gasteiger partial charge in [0.2, 0.25) is 5.89 Å². The van der Waals surface area contributed by atoms with Crippen molar-refractivity contribution >= 4 is 0 Å². The molecule has 0 amide bonds. The molecule has 3 N–H and O–H groups in total. The third-order valence-corrected chi connectivity index (χ3v) is 3.49. The number of nitrogens with one attached hydrogen (secondary N) is 1. The highest BCUT2D eigenvalue weighted by atomic mass is 16.3. The van der Waals surface area contributed by atoms with Crippen LogP contribution in [-0.4, -0.2) is 18.1 Å². The van der Waals surface area contributed by atoms with Crippen LogP contribution in [0.5, 0.6) is 0 Å². The Morgan fingerprint density at radius 1 is 1.40 bits per heavy atom. The van der Waals surface area contributed by atoms with Gasteiger partial charge in [-0.3, -0.25) is 0 Å². The molecule has 15 heavy (non-hydrogen) atoms. The molecule has 4 heteroatoms. The number of nitrogens with zero attached hydrogens (tertiary/aromatic N) is 1. The van der Waals surface area contributed by atoms with Crippen LogP contribution >= 0.6 is 0 Å². The van der Waals surface area contributed by atoms with E-state index in [0.29, 0.717) is 5.92 Å². The third-order valence-electron chi connectivity index (χ3n) is 3.49. The summed E-state index contributed by atoms with van der Waals surface area (Å²) in [6, 6.07) is 0. The fourth-order valence-electron chi connectivity index (χ4n) is 2.17. The molecule has 2 aliphatic rings. The lowest BCUT2D eigenvalue weighted by molar-refractivity contribution is 0.438. The Morgan fingerprint density at radius 2 is 2.13 bits per heavy atom. The zero-order valence-corrected chi connectivity index (χ0v) is 8.83. The number of rotatable bonds is 2. The fraction of sp³-hybridized carbons (Fsp3) is 0.727. The molecular formula is C11H17N3O. The molecule has 1 aromatic rings. The number of hydrogen-bond donors (Lipinski definition) is 2. The van der Waals surface area contributed by atoms with Crippen LogP contribution in [0, 0.1) is 0 Å². The summed E-state index contributed by atoms with van der Waals surface area (Å²) >= 11 is 0. The molecule has 1 aromatic heterocycles. The molecule has 0 atom stereocenters. The Bertz CT molecular complexity index is 350. The van der Waals surface area contributed by atoms with Crippen LogP contribution in [0.15, 0.2) is 10.7 Å². The summed E-state index contributed by atoms with van der Waals surface area (Å²) in [5, 5.41) is 3.35. The van der Waals surface area contributed by atoms with E-state index in [4.69, 9.17) is 10.2 Å². The van der Waals surface area contributed by atoms with Crippen molar-refractivity contribution in [1.29, 1.82) is 0 Å². The molecule has 82 valence electrons. The van der Waals surface area contributed by atoms with Crippen molar-refractivity contribution in [2.75, 3.05) is 13.1 Å². The standard InChI is InChI=1S/C11H17N3O/c12-11(3-4-11)10-14-9(7-15-10)8-1-5-13-6-2-8/h7-8,13H,1-6,12H2. The molecule has 0 bridgehead atoms. The van der Waals surface area contributed by atoms with Crippen LogP contribution in [0.4, 0.5) is 0 Å². The normalized spacial score (nSPS) is 25.4. The van der Waals surface area contributed by atoms with Crippen LogP contribution in [0.2, 0.25) is 0 Å². The predicted octanol–water partition coefficient (Wildman–Crippen LogP) is 1.09. The summed E-state index contributed by atoms with van der Waals surface area (Å²) < 4.78 is 5.49. The van der Waals surface area contributed by atoms with E-state index >= 15 is 0 Å². The van der Waals surface area contributed by atoms with Crippen molar-refractivity contribution in [3.8, 4) is 0 Å². The molecule has 3 rings (SSSR count). The number of hydrogen-bond acceptors (Lipinski definition) is 4. The highest BCUT2D eigenvalue weighted by molar-refractivity contribution is 5.16. The Morgan fingerprint density at radius 3 is 2.80 bits per heavy atom. The minimum Gasteiger partial charge on any atom is -0.447 e. The van der Waals surface area contributed by atoms with Gasteiger partial charge in [0.15, 0.2) is 0 Å². The molecule has 1 saturated carbocycles. The Kier molecular flexibility index (Phi) is 2.07. The minimum atomic E-state index is -0.231. The van der Waals surface area contributed by atoms with E-state index in [-0.39, 0.29) is 5.54 Å². The summed E-state index contributed by atoms with van der Waals surface area (Å²) in [7, 11) is 0. The lowest BCUT2D eigenvalue weighted by Crippen LogP contribution is -2.27. The van der Waals surface area contributed by atoms with Gasteiger partial charge in [0, 0.05) is 5.92 Å². The average Bonchev–Trinajstić information content (AvgIpc) is 2.85. The van der Waals surface area contributed by atoms with Crippen LogP contribution in [0.25, 0.3) is 0 Å². The largest absolute Gasteiger partial charge is 0.447 e. The smallest absolute Gasteiger partial charge is 0.214 e. The zero-order valence-electron chi connectivity index (χ0n) is 8.83. The van der Waals surface area contributed by atoms with Gasteiger partial charge >= 0.3 is 0 Å². The maximum absolute atomic E-state index is 6.04. The van der Waals surface area contributed by atoms with E-state index in [1.165, 1.54) is 0 Å². The van der Waals surface area contributed by atoms with E-state index in [2.05, 4.69) is 10.3 Å². The highest BCUT2D eigenvalue weighted by Gasteiger charge is 2.45. The molecule has 0 spiro atoms. The summed E-state index contributed by atoms with van der Waals surface area (Å²) in [6.45, 7) is 2.17. The number of aromatic nitrogens is 1. The number of nitrogens with two attached hydrogens (primary N) is 1. The summed E-state index contributed by atoms with van der Waals surface area (Å²) in [5.41, 5.74) is 6.91. The van der Waals surface area contributed by atoms with Gasteiger partial charge in [0.05, 0.1) is 11.2 Å². The first kappa shape index (κ1) is 9.36. The first-order valence-corrected chi connectivity index (χ1v) is 5.73. The molecule has 0 radical (unpaired) electrons. The number of piperidine rings is 1. The van der Waals surface area contributed by atoms with Gasteiger partial charge in [0.25, 0.3) is 0 Å². The second-order valence-corrected chi connectivity index (χ2v) is 4.76. The van der Waals surface area contributed by atoms with E-state index in [1.807, 2.05) is 0 Å². The van der Waals surface area contributed by atoms with Crippen molar-refractivity contribution < 1.29 is 4.42 Å². The molecule has 1 saturated heterocycles. The lowest BCUT2D eigenvalue weighted by Gasteiger charge is -2.20. The Balaban J connectivity index is 1.77. The van der Waals surface area contributed by atoms with Crippen LogP contribution in [-0.2, 0) is 5.54 Å². The Hall–Kier alpha value is -0.870. The van der Waals surface area contributed by atoms with Gasteiger partial charge in [-0.05, 0) is 38.8 Å². The van der Waals surface area contributed by atoms with Crippen molar-refractivity contribution in [2.24, 2.45) is 5.73 Å². The fourth-order valence-corrected chi connectivity index (χ4v) is 2.17. The van der Waals surface area contributed by atoms with Crippen molar-refractivity contribution in [1.82, 2.24) is 10.3 Å². The van der Waals surface area contributed by atoms with Gasteiger partial charge in [-0.1, -0.05) is 0 Å². The molecular weight excluding hydrogens is 190 g/mol. The summed E-state index contributed by atoms with van der Waals surface area (Å²) in [4.78, 5) is 4.55. The maximum Gasteiger partial charge on any atom is 0.214 e. The van der Waals surface area contributed by atoms with Gasteiger partial charge in [-0.2, -0.15) is 0 Å². The topological polar surface area (TPSA) is 64.1 Å². The SMILES string of the molecule is NC1(c2nc(C3CCNCC3)co2)CC1. The molecule has 4 nitrogen and oxygen atoms in total. The quantitative estimate of drug-likeness (QED) is 0.762. The van der Waals surface area contributed by atoms with E-state index in [9.17, 15) is 0 Å². The highest BCUT2D eigenvalue weighted by Crippen LogP contribution is 2.42. The van der Waals surface area contributed by atoms with Gasteiger partial charge in [0.1, 0.15) is 6.26 Å². The molecule has 2 fully saturated rings. The molecule has 2 heterocycles. The van der Waals surface area contributed by atoms with E-state index < -0.39 is 0 Å². The third kappa shape index (κ3) is 1.68. The first-order valence-electron chi connectivity index (χ1n) is 5.73. The van der Waals surface area contributed by atoms with E-state index in [0.717, 1.165) is 50.4 Å².